The molecule has 0 spiro atoms. The molecular formula is C17H28N2O. The van der Waals surface area contributed by atoms with Crippen LogP contribution >= 0.6 is 0 Å². The van der Waals surface area contributed by atoms with Gasteiger partial charge in [-0.15, -0.1) is 0 Å². The van der Waals surface area contributed by atoms with E-state index < -0.39 is 0 Å². The first-order valence-corrected chi connectivity index (χ1v) is 7.75. The highest BCUT2D eigenvalue weighted by atomic mass is 16.5. The molecule has 2 rings (SSSR count). The molecule has 1 N–H and O–H groups in total. The Morgan fingerprint density at radius 2 is 2.25 bits per heavy atom. The normalized spacial score (nSPS) is 23.9. The second-order valence-corrected chi connectivity index (χ2v) is 5.81. The van der Waals surface area contributed by atoms with E-state index in [2.05, 4.69) is 48.5 Å². The number of rotatable bonds is 6. The number of piperidine rings is 1. The summed E-state index contributed by atoms with van der Waals surface area (Å²) in [6.45, 7) is 6.24. The van der Waals surface area contributed by atoms with E-state index in [0.29, 0.717) is 18.6 Å². The van der Waals surface area contributed by atoms with E-state index in [1.54, 1.807) is 7.11 Å². The van der Waals surface area contributed by atoms with Crippen LogP contribution in [0.4, 0.5) is 0 Å². The molecule has 1 aliphatic heterocycles. The van der Waals surface area contributed by atoms with Crippen LogP contribution in [0.2, 0.25) is 0 Å². The molecule has 0 aromatic heterocycles. The minimum atomic E-state index is 0.527. The highest BCUT2D eigenvalue weighted by Crippen LogP contribution is 2.35. The Kier molecular flexibility index (Phi) is 6.02. The summed E-state index contributed by atoms with van der Waals surface area (Å²) in [5, 5.41) is 3.53. The van der Waals surface area contributed by atoms with Gasteiger partial charge in [-0.2, -0.15) is 0 Å². The average molecular weight is 276 g/mol. The molecule has 1 aromatic carbocycles. The maximum absolute atomic E-state index is 5.26. The molecule has 1 fully saturated rings. The summed E-state index contributed by atoms with van der Waals surface area (Å²) >= 11 is 0. The molecule has 3 heteroatoms. The Bertz CT molecular complexity index is 408. The summed E-state index contributed by atoms with van der Waals surface area (Å²) in [5.74, 6) is 0.700. The van der Waals surface area contributed by atoms with Gasteiger partial charge in [0, 0.05) is 13.2 Å². The van der Waals surface area contributed by atoms with Crippen LogP contribution in [0.5, 0.6) is 0 Å². The second kappa shape index (κ2) is 7.77. The first kappa shape index (κ1) is 15.5. The Hall–Kier alpha value is -0.900. The maximum atomic E-state index is 5.26. The van der Waals surface area contributed by atoms with Crippen molar-refractivity contribution in [1.82, 2.24) is 10.2 Å². The molecule has 3 nitrogen and oxygen atoms in total. The van der Waals surface area contributed by atoms with E-state index in [4.69, 9.17) is 4.74 Å². The molecule has 0 aliphatic carbocycles. The van der Waals surface area contributed by atoms with Crippen molar-refractivity contribution < 1.29 is 4.74 Å². The zero-order valence-corrected chi connectivity index (χ0v) is 13.1. The molecule has 1 aromatic rings. The van der Waals surface area contributed by atoms with Gasteiger partial charge in [-0.3, -0.25) is 4.90 Å². The summed E-state index contributed by atoms with van der Waals surface area (Å²) < 4.78 is 5.26. The number of ether oxygens (including phenoxy) is 1. The number of nitrogens with one attached hydrogen (secondary N) is 1. The molecular weight excluding hydrogens is 248 g/mol. The Morgan fingerprint density at radius 1 is 1.40 bits per heavy atom. The van der Waals surface area contributed by atoms with E-state index >= 15 is 0 Å². The van der Waals surface area contributed by atoms with Crippen molar-refractivity contribution in [3.05, 3.63) is 35.4 Å². The topological polar surface area (TPSA) is 24.5 Å². The van der Waals surface area contributed by atoms with Crippen molar-refractivity contribution in [2.24, 2.45) is 5.92 Å². The van der Waals surface area contributed by atoms with Gasteiger partial charge in [-0.1, -0.05) is 31.2 Å². The van der Waals surface area contributed by atoms with Crippen molar-refractivity contribution in [2.75, 3.05) is 33.8 Å². The third-order valence-corrected chi connectivity index (χ3v) is 4.27. The Balaban J connectivity index is 2.18. The summed E-state index contributed by atoms with van der Waals surface area (Å²) in [5.41, 5.74) is 2.70. The van der Waals surface area contributed by atoms with E-state index in [-0.39, 0.29) is 0 Å². The van der Waals surface area contributed by atoms with Gasteiger partial charge in [0.25, 0.3) is 0 Å². The largest absolute Gasteiger partial charge is 0.380 e. The zero-order chi connectivity index (χ0) is 14.4. The SMILES string of the molecule is CCNCC1CCCN(C)C1c1cccc(COC)c1. The summed E-state index contributed by atoms with van der Waals surface area (Å²) in [7, 11) is 4.01. The second-order valence-electron chi connectivity index (χ2n) is 5.81. The first-order chi connectivity index (χ1) is 9.76. The lowest BCUT2D eigenvalue weighted by Crippen LogP contribution is -2.40. The highest BCUT2D eigenvalue weighted by molar-refractivity contribution is 5.27. The number of likely N-dealkylation sites (tertiary alicyclic amines) is 1. The molecule has 0 radical (unpaired) electrons. The lowest BCUT2D eigenvalue weighted by Gasteiger charge is -2.40. The molecule has 0 saturated carbocycles. The average Bonchev–Trinajstić information content (AvgIpc) is 2.46. The van der Waals surface area contributed by atoms with Crippen molar-refractivity contribution in [2.45, 2.75) is 32.4 Å². The number of hydrogen-bond acceptors (Lipinski definition) is 3. The molecule has 1 aliphatic rings. The third kappa shape index (κ3) is 3.81. The Morgan fingerprint density at radius 3 is 3.00 bits per heavy atom. The van der Waals surface area contributed by atoms with Gasteiger partial charge in [-0.05, 0) is 56.6 Å². The summed E-state index contributed by atoms with van der Waals surface area (Å²) in [6, 6.07) is 9.42. The van der Waals surface area contributed by atoms with Gasteiger partial charge < -0.3 is 10.1 Å². The van der Waals surface area contributed by atoms with Gasteiger partial charge in [0.05, 0.1) is 6.61 Å². The van der Waals surface area contributed by atoms with Crippen LogP contribution < -0.4 is 5.32 Å². The van der Waals surface area contributed by atoms with Gasteiger partial charge in [0.2, 0.25) is 0 Å². The van der Waals surface area contributed by atoms with Crippen LogP contribution in [0, 0.1) is 5.92 Å². The minimum absolute atomic E-state index is 0.527. The van der Waals surface area contributed by atoms with Crippen molar-refractivity contribution >= 4 is 0 Å². The fraction of sp³-hybridized carbons (Fsp3) is 0.647. The zero-order valence-electron chi connectivity index (χ0n) is 13.1. The fourth-order valence-corrected chi connectivity index (χ4v) is 3.36. The third-order valence-electron chi connectivity index (χ3n) is 4.27. The summed E-state index contributed by atoms with van der Waals surface area (Å²) in [6.07, 6.45) is 2.62. The lowest BCUT2D eigenvalue weighted by atomic mass is 9.84. The molecule has 2 atom stereocenters. The number of benzene rings is 1. The van der Waals surface area contributed by atoms with Crippen LogP contribution in [-0.2, 0) is 11.3 Å². The molecule has 20 heavy (non-hydrogen) atoms. The number of nitrogens with zero attached hydrogens (tertiary/aromatic N) is 1. The molecule has 112 valence electrons. The predicted molar refractivity (Wildman–Crippen MR) is 83.8 cm³/mol. The van der Waals surface area contributed by atoms with Crippen LogP contribution in [0.15, 0.2) is 24.3 Å². The van der Waals surface area contributed by atoms with Crippen LogP contribution in [0.25, 0.3) is 0 Å². The van der Waals surface area contributed by atoms with E-state index in [1.165, 1.54) is 30.5 Å². The minimum Gasteiger partial charge on any atom is -0.380 e. The molecule has 1 heterocycles. The quantitative estimate of drug-likeness (QED) is 0.864. The molecule has 2 unspecified atom stereocenters. The number of hydrogen-bond donors (Lipinski definition) is 1. The number of methoxy groups -OCH3 is 1. The van der Waals surface area contributed by atoms with Gasteiger partial charge >= 0.3 is 0 Å². The van der Waals surface area contributed by atoms with Crippen LogP contribution in [-0.4, -0.2) is 38.7 Å². The molecule has 0 bridgehead atoms. The van der Waals surface area contributed by atoms with Gasteiger partial charge in [-0.25, -0.2) is 0 Å². The maximum Gasteiger partial charge on any atom is 0.0713 e. The predicted octanol–water partition coefficient (Wildman–Crippen LogP) is 2.83. The molecule has 0 amide bonds. The van der Waals surface area contributed by atoms with E-state index in [1.807, 2.05) is 0 Å². The van der Waals surface area contributed by atoms with Gasteiger partial charge in [0.15, 0.2) is 0 Å². The lowest BCUT2D eigenvalue weighted by molar-refractivity contribution is 0.119. The monoisotopic (exact) mass is 276 g/mol. The molecule has 1 saturated heterocycles. The van der Waals surface area contributed by atoms with Crippen LogP contribution in [0.3, 0.4) is 0 Å². The highest BCUT2D eigenvalue weighted by Gasteiger charge is 2.30. The first-order valence-electron chi connectivity index (χ1n) is 7.75. The van der Waals surface area contributed by atoms with Crippen molar-refractivity contribution in [1.29, 1.82) is 0 Å². The fourth-order valence-electron chi connectivity index (χ4n) is 3.36. The summed E-state index contributed by atoms with van der Waals surface area (Å²) in [4.78, 5) is 2.51. The van der Waals surface area contributed by atoms with Crippen molar-refractivity contribution in [3.8, 4) is 0 Å². The van der Waals surface area contributed by atoms with E-state index in [9.17, 15) is 0 Å². The van der Waals surface area contributed by atoms with Crippen molar-refractivity contribution in [3.63, 3.8) is 0 Å². The van der Waals surface area contributed by atoms with Crippen LogP contribution in [0.1, 0.15) is 36.9 Å². The standard InChI is InChI=1S/C17H28N2O/c1-4-18-12-16-9-6-10-19(2)17(16)15-8-5-7-14(11-15)13-20-3/h5,7-8,11,16-18H,4,6,9-10,12-13H2,1-3H3. The smallest absolute Gasteiger partial charge is 0.0713 e. The Labute approximate surface area is 123 Å². The van der Waals surface area contributed by atoms with Gasteiger partial charge in [0.1, 0.15) is 0 Å². The van der Waals surface area contributed by atoms with E-state index in [0.717, 1.165) is 13.1 Å².